The Hall–Kier alpha value is -1.59. The first kappa shape index (κ1) is 16.8. The van der Waals surface area contributed by atoms with E-state index >= 15 is 0 Å². The summed E-state index contributed by atoms with van der Waals surface area (Å²) in [6.45, 7) is 7.66. The Labute approximate surface area is 132 Å². The van der Waals surface area contributed by atoms with Crippen LogP contribution in [0, 0.1) is 6.92 Å². The number of hydrogen-bond donors (Lipinski definition) is 1. The Kier molecular flexibility index (Phi) is 5.80. The number of rotatable bonds is 5. The van der Waals surface area contributed by atoms with Gasteiger partial charge < -0.3 is 14.7 Å². The summed E-state index contributed by atoms with van der Waals surface area (Å²) >= 11 is 0. The Bertz CT molecular complexity index is 511. The second kappa shape index (κ2) is 7.61. The SMILES string of the molecule is CCC(O)CN1CCN(C(=O)c2ccc(C)c(OC)c2)CC1. The lowest BCUT2D eigenvalue weighted by molar-refractivity contribution is 0.0523. The van der Waals surface area contributed by atoms with Crippen molar-refractivity contribution in [2.24, 2.45) is 0 Å². The fraction of sp³-hybridized carbons (Fsp3) is 0.588. The molecule has 1 aromatic carbocycles. The van der Waals surface area contributed by atoms with Crippen LogP contribution in [-0.4, -0.2) is 66.8 Å². The topological polar surface area (TPSA) is 53.0 Å². The summed E-state index contributed by atoms with van der Waals surface area (Å²) < 4.78 is 5.29. The zero-order chi connectivity index (χ0) is 16.1. The molecule has 22 heavy (non-hydrogen) atoms. The molecule has 0 saturated carbocycles. The first-order valence-electron chi connectivity index (χ1n) is 7.89. The van der Waals surface area contributed by atoms with Gasteiger partial charge in [0.1, 0.15) is 5.75 Å². The number of carbonyl (C=O) groups excluding carboxylic acids is 1. The van der Waals surface area contributed by atoms with Crippen LogP contribution in [-0.2, 0) is 0 Å². The summed E-state index contributed by atoms with van der Waals surface area (Å²) in [5.74, 6) is 0.796. The molecule has 0 spiro atoms. The maximum Gasteiger partial charge on any atom is 0.254 e. The van der Waals surface area contributed by atoms with Crippen LogP contribution in [0.25, 0.3) is 0 Å². The van der Waals surface area contributed by atoms with Crippen molar-refractivity contribution >= 4 is 5.91 Å². The average Bonchev–Trinajstić information content (AvgIpc) is 2.55. The number of aryl methyl sites for hydroxylation is 1. The monoisotopic (exact) mass is 306 g/mol. The molecule has 1 unspecified atom stereocenters. The van der Waals surface area contributed by atoms with Crippen molar-refractivity contribution in [1.82, 2.24) is 9.80 Å². The molecule has 1 aliphatic rings. The van der Waals surface area contributed by atoms with E-state index in [0.29, 0.717) is 25.2 Å². The summed E-state index contributed by atoms with van der Waals surface area (Å²) in [4.78, 5) is 16.7. The molecule has 2 rings (SSSR count). The summed E-state index contributed by atoms with van der Waals surface area (Å²) in [5.41, 5.74) is 1.70. The van der Waals surface area contributed by atoms with Crippen LogP contribution in [0.3, 0.4) is 0 Å². The Balaban J connectivity index is 1.95. The number of benzene rings is 1. The molecule has 1 fully saturated rings. The standard InChI is InChI=1S/C17H26N2O3/c1-4-15(20)12-18-7-9-19(10-8-18)17(21)14-6-5-13(2)16(11-14)22-3/h5-6,11,15,20H,4,7-10,12H2,1-3H3. The van der Waals surface area contributed by atoms with Gasteiger partial charge in [-0.2, -0.15) is 0 Å². The summed E-state index contributed by atoms with van der Waals surface area (Å²) in [6.07, 6.45) is 0.492. The number of β-amino-alcohol motifs (C(OH)–C–C–N with tert-alkyl or cyclic N) is 1. The maximum atomic E-state index is 12.6. The third kappa shape index (κ3) is 3.99. The largest absolute Gasteiger partial charge is 0.496 e. The molecule has 1 amide bonds. The van der Waals surface area contributed by atoms with Gasteiger partial charge in [-0.15, -0.1) is 0 Å². The minimum atomic E-state index is -0.274. The van der Waals surface area contributed by atoms with Crippen molar-refractivity contribution in [2.75, 3.05) is 39.8 Å². The lowest BCUT2D eigenvalue weighted by Crippen LogP contribution is -2.50. The number of amides is 1. The van der Waals surface area contributed by atoms with Crippen molar-refractivity contribution in [3.63, 3.8) is 0 Å². The van der Waals surface area contributed by atoms with Gasteiger partial charge in [0.2, 0.25) is 0 Å². The van der Waals surface area contributed by atoms with Gasteiger partial charge in [-0.25, -0.2) is 0 Å². The molecule has 1 saturated heterocycles. The second-order valence-corrected chi connectivity index (χ2v) is 5.84. The molecule has 1 N–H and O–H groups in total. The van der Waals surface area contributed by atoms with E-state index in [9.17, 15) is 9.90 Å². The molecule has 5 nitrogen and oxygen atoms in total. The van der Waals surface area contributed by atoms with Gasteiger partial charge in [0, 0.05) is 38.3 Å². The molecule has 122 valence electrons. The number of aliphatic hydroxyl groups is 1. The van der Waals surface area contributed by atoms with Crippen molar-refractivity contribution in [1.29, 1.82) is 0 Å². The minimum Gasteiger partial charge on any atom is -0.496 e. The first-order chi connectivity index (χ1) is 10.5. The molecular weight excluding hydrogens is 280 g/mol. The van der Waals surface area contributed by atoms with Crippen LogP contribution in [0.15, 0.2) is 18.2 Å². The number of ether oxygens (including phenoxy) is 1. The summed E-state index contributed by atoms with van der Waals surface area (Å²) in [6, 6.07) is 5.58. The lowest BCUT2D eigenvalue weighted by Gasteiger charge is -2.35. The van der Waals surface area contributed by atoms with Crippen LogP contribution in [0.1, 0.15) is 29.3 Å². The van der Waals surface area contributed by atoms with E-state index in [-0.39, 0.29) is 12.0 Å². The molecule has 1 aromatic rings. The molecule has 0 bridgehead atoms. The molecule has 1 heterocycles. The predicted octanol–water partition coefficient (Wildman–Crippen LogP) is 1.53. The number of piperazine rings is 1. The Morgan fingerprint density at radius 3 is 2.59 bits per heavy atom. The summed E-state index contributed by atoms with van der Waals surface area (Å²) in [7, 11) is 1.62. The van der Waals surface area contributed by atoms with E-state index < -0.39 is 0 Å². The fourth-order valence-electron chi connectivity index (χ4n) is 2.70. The van der Waals surface area contributed by atoms with Gasteiger partial charge in [0.05, 0.1) is 13.2 Å². The van der Waals surface area contributed by atoms with Crippen molar-refractivity contribution in [3.05, 3.63) is 29.3 Å². The van der Waals surface area contributed by atoms with Crippen molar-refractivity contribution < 1.29 is 14.6 Å². The third-order valence-corrected chi connectivity index (χ3v) is 4.25. The van der Waals surface area contributed by atoms with Crippen LogP contribution in [0.5, 0.6) is 5.75 Å². The van der Waals surface area contributed by atoms with E-state index in [4.69, 9.17) is 4.74 Å². The van der Waals surface area contributed by atoms with Gasteiger partial charge in [-0.1, -0.05) is 13.0 Å². The quantitative estimate of drug-likeness (QED) is 0.896. The molecular formula is C17H26N2O3. The van der Waals surface area contributed by atoms with Crippen LogP contribution in [0.4, 0.5) is 0 Å². The van der Waals surface area contributed by atoms with Crippen molar-refractivity contribution in [2.45, 2.75) is 26.4 Å². The molecule has 0 radical (unpaired) electrons. The maximum absolute atomic E-state index is 12.6. The minimum absolute atomic E-state index is 0.0500. The number of hydrogen-bond acceptors (Lipinski definition) is 4. The highest BCUT2D eigenvalue weighted by Crippen LogP contribution is 2.20. The number of aliphatic hydroxyl groups excluding tert-OH is 1. The zero-order valence-electron chi connectivity index (χ0n) is 13.7. The lowest BCUT2D eigenvalue weighted by atomic mass is 10.1. The van der Waals surface area contributed by atoms with Crippen LogP contribution >= 0.6 is 0 Å². The molecule has 1 aliphatic heterocycles. The predicted molar refractivity (Wildman–Crippen MR) is 86.4 cm³/mol. The summed E-state index contributed by atoms with van der Waals surface area (Å²) in [5, 5.41) is 9.71. The van der Waals surface area contributed by atoms with Gasteiger partial charge in [0.25, 0.3) is 5.91 Å². The average molecular weight is 306 g/mol. The van der Waals surface area contributed by atoms with Gasteiger partial charge >= 0.3 is 0 Å². The first-order valence-corrected chi connectivity index (χ1v) is 7.89. The van der Waals surface area contributed by atoms with E-state index in [0.717, 1.165) is 30.8 Å². The van der Waals surface area contributed by atoms with E-state index in [1.54, 1.807) is 7.11 Å². The van der Waals surface area contributed by atoms with Crippen LogP contribution in [0.2, 0.25) is 0 Å². The second-order valence-electron chi connectivity index (χ2n) is 5.84. The zero-order valence-corrected chi connectivity index (χ0v) is 13.7. The molecule has 0 aromatic heterocycles. The highest BCUT2D eigenvalue weighted by Gasteiger charge is 2.23. The number of nitrogens with zero attached hydrogens (tertiary/aromatic N) is 2. The molecule has 5 heteroatoms. The number of carbonyl (C=O) groups is 1. The van der Waals surface area contributed by atoms with Gasteiger partial charge in [-0.05, 0) is 31.0 Å². The Morgan fingerprint density at radius 1 is 1.32 bits per heavy atom. The number of methoxy groups -OCH3 is 1. The highest BCUT2D eigenvalue weighted by atomic mass is 16.5. The normalized spacial score (nSPS) is 17.4. The Morgan fingerprint density at radius 2 is 2.00 bits per heavy atom. The smallest absolute Gasteiger partial charge is 0.254 e. The van der Waals surface area contributed by atoms with E-state index in [1.165, 1.54) is 0 Å². The fourth-order valence-corrected chi connectivity index (χ4v) is 2.70. The molecule has 0 aliphatic carbocycles. The van der Waals surface area contributed by atoms with E-state index in [2.05, 4.69) is 4.90 Å². The van der Waals surface area contributed by atoms with Crippen molar-refractivity contribution in [3.8, 4) is 5.75 Å². The third-order valence-electron chi connectivity index (χ3n) is 4.25. The van der Waals surface area contributed by atoms with E-state index in [1.807, 2.05) is 36.9 Å². The van der Waals surface area contributed by atoms with Gasteiger partial charge in [-0.3, -0.25) is 9.69 Å². The molecule has 1 atom stereocenters. The van der Waals surface area contributed by atoms with Gasteiger partial charge in [0.15, 0.2) is 0 Å². The highest BCUT2D eigenvalue weighted by molar-refractivity contribution is 5.94. The van der Waals surface area contributed by atoms with Crippen LogP contribution < -0.4 is 4.74 Å².